The quantitative estimate of drug-likeness (QED) is 0.132. The third-order valence-electron chi connectivity index (χ3n) is 11.0. The Balaban J connectivity index is 1.02. The Hall–Kier alpha value is -7.36. The summed E-state index contributed by atoms with van der Waals surface area (Å²) in [5, 5.41) is 10.1. The van der Waals surface area contributed by atoms with E-state index in [1.165, 1.54) is 65.3 Å². The van der Waals surface area contributed by atoms with Gasteiger partial charge < -0.3 is 4.57 Å². The summed E-state index contributed by atoms with van der Waals surface area (Å²) in [5.41, 5.74) is 10.7. The Bertz CT molecular complexity index is 3200. The summed E-state index contributed by atoms with van der Waals surface area (Å²) in [6.07, 6.45) is 0. The predicted molar refractivity (Wildman–Crippen MR) is 231 cm³/mol. The normalized spacial score (nSPS) is 11.6. The van der Waals surface area contributed by atoms with Crippen LogP contribution in [0.15, 0.2) is 200 Å². The number of aromatic nitrogens is 3. The van der Waals surface area contributed by atoms with Crippen molar-refractivity contribution in [2.24, 2.45) is 0 Å². The minimum absolute atomic E-state index is 0.702. The third kappa shape index (κ3) is 5.28. The molecule has 0 saturated carbocycles. The number of hydrogen-bond donors (Lipinski definition) is 0. The van der Waals surface area contributed by atoms with Crippen LogP contribution in [0.3, 0.4) is 0 Å². The summed E-state index contributed by atoms with van der Waals surface area (Å²) >= 11 is 0. The van der Waals surface area contributed by atoms with Crippen LogP contribution >= 0.6 is 0 Å². The van der Waals surface area contributed by atoms with Gasteiger partial charge in [0.05, 0.1) is 22.4 Å². The molecule has 0 aliphatic carbocycles. The zero-order valence-corrected chi connectivity index (χ0v) is 29.9. The summed E-state index contributed by atoms with van der Waals surface area (Å²) in [6.45, 7) is 0. The van der Waals surface area contributed by atoms with Gasteiger partial charge in [-0.1, -0.05) is 158 Å². The molecule has 0 saturated heterocycles. The highest BCUT2D eigenvalue weighted by molar-refractivity contribution is 6.15. The second-order valence-electron chi connectivity index (χ2n) is 14.2. The Morgan fingerprint density at radius 1 is 0.309 bits per heavy atom. The molecule has 0 radical (unpaired) electrons. The maximum Gasteiger partial charge on any atom is 0.160 e. The van der Waals surface area contributed by atoms with Crippen LogP contribution in [0.4, 0.5) is 0 Å². The molecule has 0 fully saturated rings. The summed E-state index contributed by atoms with van der Waals surface area (Å²) in [4.78, 5) is 10.3. The van der Waals surface area contributed by atoms with Crippen molar-refractivity contribution in [1.29, 1.82) is 0 Å². The minimum atomic E-state index is 0.702. The highest BCUT2D eigenvalue weighted by atomic mass is 15.0. The van der Waals surface area contributed by atoms with Gasteiger partial charge in [-0.2, -0.15) is 0 Å². The van der Waals surface area contributed by atoms with Crippen molar-refractivity contribution < 1.29 is 0 Å². The van der Waals surface area contributed by atoms with Gasteiger partial charge in [-0.05, 0) is 85.9 Å². The molecule has 0 unspecified atom stereocenters. The first-order valence-corrected chi connectivity index (χ1v) is 18.7. The molecule has 9 aromatic carbocycles. The lowest BCUT2D eigenvalue weighted by Crippen LogP contribution is -1.98. The molecular weight excluding hydrogens is 667 g/mol. The number of rotatable bonds is 5. The van der Waals surface area contributed by atoms with E-state index in [0.717, 1.165) is 33.8 Å². The van der Waals surface area contributed by atoms with Crippen LogP contribution in [-0.4, -0.2) is 14.5 Å². The molecule has 3 nitrogen and oxygen atoms in total. The molecule has 2 heterocycles. The van der Waals surface area contributed by atoms with Gasteiger partial charge in [0.2, 0.25) is 0 Å². The molecule has 256 valence electrons. The molecule has 0 bridgehead atoms. The fourth-order valence-corrected chi connectivity index (χ4v) is 8.32. The van der Waals surface area contributed by atoms with Gasteiger partial charge in [-0.3, -0.25) is 0 Å². The second-order valence-corrected chi connectivity index (χ2v) is 14.2. The lowest BCUT2D eigenvalue weighted by atomic mass is 9.93. The van der Waals surface area contributed by atoms with E-state index in [0.29, 0.717) is 5.82 Å². The molecular formula is C52H33N3. The molecule has 11 rings (SSSR count). The summed E-state index contributed by atoms with van der Waals surface area (Å²) in [5.74, 6) is 0.702. The second kappa shape index (κ2) is 12.6. The van der Waals surface area contributed by atoms with Crippen LogP contribution in [0.2, 0.25) is 0 Å². The molecule has 0 spiro atoms. The molecule has 0 atom stereocenters. The van der Waals surface area contributed by atoms with Crippen molar-refractivity contribution in [2.45, 2.75) is 0 Å². The first-order valence-electron chi connectivity index (χ1n) is 18.7. The Morgan fingerprint density at radius 2 is 0.909 bits per heavy atom. The maximum atomic E-state index is 5.17. The number of fused-ring (bicyclic) bond motifs is 7. The molecule has 55 heavy (non-hydrogen) atoms. The van der Waals surface area contributed by atoms with Crippen LogP contribution in [0.5, 0.6) is 0 Å². The van der Waals surface area contributed by atoms with E-state index in [9.17, 15) is 0 Å². The van der Waals surface area contributed by atoms with Crippen molar-refractivity contribution in [2.75, 3.05) is 0 Å². The molecule has 0 aliphatic rings. The average molecular weight is 700 g/mol. The van der Waals surface area contributed by atoms with Crippen molar-refractivity contribution in [3.8, 4) is 50.7 Å². The highest BCUT2D eigenvalue weighted by Crippen LogP contribution is 2.37. The Labute approximate surface area is 318 Å². The van der Waals surface area contributed by atoms with Crippen molar-refractivity contribution in [3.63, 3.8) is 0 Å². The minimum Gasteiger partial charge on any atom is -0.309 e. The monoisotopic (exact) mass is 699 g/mol. The zero-order valence-electron chi connectivity index (χ0n) is 29.9. The maximum absolute atomic E-state index is 5.17. The number of para-hydroxylation sites is 2. The van der Waals surface area contributed by atoms with E-state index in [-0.39, 0.29) is 0 Å². The summed E-state index contributed by atoms with van der Waals surface area (Å²) < 4.78 is 2.35. The third-order valence-corrected chi connectivity index (χ3v) is 11.0. The fraction of sp³-hybridized carbons (Fsp3) is 0. The van der Waals surface area contributed by atoms with Crippen molar-refractivity contribution in [1.82, 2.24) is 14.5 Å². The van der Waals surface area contributed by atoms with Gasteiger partial charge in [0.25, 0.3) is 0 Å². The number of nitrogens with zero attached hydrogens (tertiary/aromatic N) is 3. The molecule has 2 aromatic heterocycles. The van der Waals surface area contributed by atoms with E-state index in [4.69, 9.17) is 9.97 Å². The first kappa shape index (κ1) is 31.2. The lowest BCUT2D eigenvalue weighted by molar-refractivity contribution is 1.16. The predicted octanol–water partition coefficient (Wildman–Crippen LogP) is 13.7. The zero-order chi connectivity index (χ0) is 36.3. The SMILES string of the molecule is c1ccc(-c2nc(-c3ccc(-c4cccc5c4ccc4cc6ccccc6cc45)cc3)cc(-c3cccc(-n4c5ccccc5c5ccccc54)c3)n2)cc1. The van der Waals surface area contributed by atoms with E-state index in [2.05, 4.69) is 187 Å². The van der Waals surface area contributed by atoms with Gasteiger partial charge >= 0.3 is 0 Å². The Morgan fingerprint density at radius 3 is 1.67 bits per heavy atom. The van der Waals surface area contributed by atoms with Crippen molar-refractivity contribution in [3.05, 3.63) is 200 Å². The first-order chi connectivity index (χ1) is 27.2. The number of hydrogen-bond acceptors (Lipinski definition) is 2. The molecule has 3 heteroatoms. The van der Waals surface area contributed by atoms with Crippen LogP contribution < -0.4 is 0 Å². The summed E-state index contributed by atoms with van der Waals surface area (Å²) in [7, 11) is 0. The standard InChI is InChI=1S/C52H33N3/c1-2-12-36(13-3-1)52-53-48(33-49(54-52)40-16-10-17-41(31-40)55-50-22-8-6-18-45(50)46-19-7-9-23-51(46)55)35-26-24-34(25-27-35)42-20-11-21-43-44(42)29-28-39-30-37-14-4-5-15-38(37)32-47(39)43/h1-33H. The van der Waals surface area contributed by atoms with Crippen LogP contribution in [0.25, 0.3) is 105 Å². The molecule has 0 N–H and O–H groups in total. The smallest absolute Gasteiger partial charge is 0.160 e. The van der Waals surface area contributed by atoms with Gasteiger partial charge in [0.1, 0.15) is 0 Å². The largest absolute Gasteiger partial charge is 0.309 e. The van der Waals surface area contributed by atoms with Crippen LogP contribution in [0.1, 0.15) is 0 Å². The van der Waals surface area contributed by atoms with E-state index in [1.807, 2.05) is 18.2 Å². The molecule has 0 aliphatic heterocycles. The van der Waals surface area contributed by atoms with Gasteiger partial charge in [-0.15, -0.1) is 0 Å². The highest BCUT2D eigenvalue weighted by Gasteiger charge is 2.15. The average Bonchev–Trinajstić information content (AvgIpc) is 3.60. The topological polar surface area (TPSA) is 30.7 Å². The van der Waals surface area contributed by atoms with Crippen LogP contribution in [-0.2, 0) is 0 Å². The lowest BCUT2D eigenvalue weighted by Gasteiger charge is -2.13. The number of benzene rings is 9. The van der Waals surface area contributed by atoms with E-state index >= 15 is 0 Å². The molecule has 11 aromatic rings. The van der Waals surface area contributed by atoms with Gasteiger partial charge in [0, 0.05) is 33.2 Å². The fourth-order valence-electron chi connectivity index (χ4n) is 8.32. The van der Waals surface area contributed by atoms with Gasteiger partial charge in [-0.25, -0.2) is 9.97 Å². The van der Waals surface area contributed by atoms with E-state index < -0.39 is 0 Å². The Kier molecular flexibility index (Phi) is 7.17. The van der Waals surface area contributed by atoms with Crippen molar-refractivity contribution >= 4 is 54.1 Å². The van der Waals surface area contributed by atoms with Crippen LogP contribution in [0, 0.1) is 0 Å². The molecule has 0 amide bonds. The summed E-state index contributed by atoms with van der Waals surface area (Å²) in [6, 6.07) is 71.6. The van der Waals surface area contributed by atoms with E-state index in [1.54, 1.807) is 0 Å². The van der Waals surface area contributed by atoms with Gasteiger partial charge in [0.15, 0.2) is 5.82 Å².